The third kappa shape index (κ3) is 11.2. The van der Waals surface area contributed by atoms with Crippen molar-refractivity contribution in [2.75, 3.05) is 0 Å². The van der Waals surface area contributed by atoms with Gasteiger partial charge in [-0.2, -0.15) is 0 Å². The summed E-state index contributed by atoms with van der Waals surface area (Å²) in [5.41, 5.74) is 0. The zero-order chi connectivity index (χ0) is 20.8. The summed E-state index contributed by atoms with van der Waals surface area (Å²) >= 11 is 0. The molecule has 0 spiro atoms. The second-order valence-corrected chi connectivity index (χ2v) is 10.1. The first-order valence-corrected chi connectivity index (χ1v) is 12.8. The van der Waals surface area contributed by atoms with Crippen LogP contribution in [-0.4, -0.2) is 22.4 Å². The average Bonchev–Trinajstić information content (AvgIpc) is 2.68. The van der Waals surface area contributed by atoms with E-state index >= 15 is 0 Å². The van der Waals surface area contributed by atoms with Gasteiger partial charge in [0.25, 0.3) is 0 Å². The fraction of sp³-hybridized carbons (Fsp3) is 1.00. The summed E-state index contributed by atoms with van der Waals surface area (Å²) in [5, 5.41) is 19.4. The summed E-state index contributed by atoms with van der Waals surface area (Å²) in [7, 11) is 0. The lowest BCUT2D eigenvalue weighted by molar-refractivity contribution is 0.0505. The number of hydrogen-bond donors (Lipinski definition) is 2. The molecule has 2 rings (SSSR count). The monoisotopic (exact) mass is 396 g/mol. The average molecular weight is 397 g/mol. The molecule has 0 bridgehead atoms. The first-order valence-electron chi connectivity index (χ1n) is 12.8. The van der Waals surface area contributed by atoms with Crippen molar-refractivity contribution in [1.29, 1.82) is 0 Å². The second kappa shape index (κ2) is 15.7. The summed E-state index contributed by atoms with van der Waals surface area (Å²) in [4.78, 5) is 0. The molecule has 2 N–H and O–H groups in total. The molecule has 2 nitrogen and oxygen atoms in total. The van der Waals surface area contributed by atoms with E-state index in [1.54, 1.807) is 0 Å². The van der Waals surface area contributed by atoms with Crippen LogP contribution >= 0.6 is 0 Å². The van der Waals surface area contributed by atoms with E-state index in [4.69, 9.17) is 0 Å². The third-order valence-corrected chi connectivity index (χ3v) is 7.43. The standard InChI is InChI=1S/2C13H26O/c1-3-4-5-6-7-12-8-9-13(14)11(2)10-12;1-3-4-5-6-7-12-9-8-11(2)13(14)10-12/h2*11-14H,3-10H2,1-2H3. The summed E-state index contributed by atoms with van der Waals surface area (Å²) < 4.78 is 0. The molecular formula is C26H52O2. The van der Waals surface area contributed by atoms with Gasteiger partial charge in [-0.1, -0.05) is 98.3 Å². The lowest BCUT2D eigenvalue weighted by Crippen LogP contribution is -2.27. The molecule has 2 aliphatic carbocycles. The van der Waals surface area contributed by atoms with Crippen molar-refractivity contribution in [2.45, 2.75) is 143 Å². The Balaban J connectivity index is 0.000000280. The normalized spacial score (nSPS) is 33.2. The molecule has 0 heterocycles. The van der Waals surface area contributed by atoms with Gasteiger partial charge in [0.15, 0.2) is 0 Å². The molecule has 6 unspecified atom stereocenters. The predicted molar refractivity (Wildman–Crippen MR) is 123 cm³/mol. The molecule has 168 valence electrons. The first-order chi connectivity index (χ1) is 13.5. The van der Waals surface area contributed by atoms with Gasteiger partial charge in [-0.3, -0.25) is 0 Å². The van der Waals surface area contributed by atoms with Crippen LogP contribution in [0.15, 0.2) is 0 Å². The van der Waals surface area contributed by atoms with Crippen LogP contribution in [0, 0.1) is 23.7 Å². The molecule has 2 heteroatoms. The molecule has 0 amide bonds. The molecule has 2 saturated carbocycles. The molecule has 0 aromatic rings. The Morgan fingerprint density at radius 2 is 1.11 bits per heavy atom. The number of unbranched alkanes of at least 4 members (excludes halogenated alkanes) is 6. The van der Waals surface area contributed by atoms with Gasteiger partial charge in [0.2, 0.25) is 0 Å². The molecular weight excluding hydrogens is 344 g/mol. The van der Waals surface area contributed by atoms with Crippen LogP contribution < -0.4 is 0 Å². The molecule has 0 aromatic carbocycles. The van der Waals surface area contributed by atoms with Crippen molar-refractivity contribution in [2.24, 2.45) is 23.7 Å². The number of aliphatic hydroxyl groups is 2. The Labute approximate surface area is 176 Å². The van der Waals surface area contributed by atoms with Crippen molar-refractivity contribution >= 4 is 0 Å². The summed E-state index contributed by atoms with van der Waals surface area (Å²) in [6.45, 7) is 8.89. The molecule has 28 heavy (non-hydrogen) atoms. The minimum atomic E-state index is -0.0140. The smallest absolute Gasteiger partial charge is 0.0568 e. The lowest BCUT2D eigenvalue weighted by atomic mass is 9.78. The largest absolute Gasteiger partial charge is 0.393 e. The van der Waals surface area contributed by atoms with Gasteiger partial charge in [-0.15, -0.1) is 0 Å². The summed E-state index contributed by atoms with van der Waals surface area (Å²) in [5.74, 6) is 2.81. The van der Waals surface area contributed by atoms with Crippen molar-refractivity contribution in [1.82, 2.24) is 0 Å². The van der Waals surface area contributed by atoms with E-state index in [1.807, 2.05) is 0 Å². The van der Waals surface area contributed by atoms with Gasteiger partial charge < -0.3 is 10.2 Å². The molecule has 0 radical (unpaired) electrons. The highest BCUT2D eigenvalue weighted by Gasteiger charge is 2.26. The minimum Gasteiger partial charge on any atom is -0.393 e. The van der Waals surface area contributed by atoms with E-state index in [1.165, 1.54) is 89.9 Å². The van der Waals surface area contributed by atoms with Crippen LogP contribution in [0.1, 0.15) is 130 Å². The molecule has 0 aliphatic heterocycles. The minimum absolute atomic E-state index is 0.0121. The molecule has 0 saturated heterocycles. The van der Waals surface area contributed by atoms with Crippen LogP contribution in [0.25, 0.3) is 0 Å². The zero-order valence-electron chi connectivity index (χ0n) is 19.7. The van der Waals surface area contributed by atoms with Crippen LogP contribution in [0.3, 0.4) is 0 Å². The maximum absolute atomic E-state index is 9.75. The fourth-order valence-electron chi connectivity index (χ4n) is 5.12. The quantitative estimate of drug-likeness (QED) is 0.375. The highest BCUT2D eigenvalue weighted by atomic mass is 16.3. The van der Waals surface area contributed by atoms with Crippen molar-refractivity contribution in [3.63, 3.8) is 0 Å². The highest BCUT2D eigenvalue weighted by molar-refractivity contribution is 4.77. The Kier molecular flexibility index (Phi) is 14.6. The fourth-order valence-corrected chi connectivity index (χ4v) is 5.12. The van der Waals surface area contributed by atoms with Gasteiger partial charge in [0, 0.05) is 0 Å². The van der Waals surface area contributed by atoms with E-state index in [0.29, 0.717) is 11.8 Å². The van der Waals surface area contributed by atoms with Crippen LogP contribution in [-0.2, 0) is 0 Å². The zero-order valence-corrected chi connectivity index (χ0v) is 19.7. The van der Waals surface area contributed by atoms with Crippen LogP contribution in [0.4, 0.5) is 0 Å². The van der Waals surface area contributed by atoms with Crippen molar-refractivity contribution < 1.29 is 10.2 Å². The van der Waals surface area contributed by atoms with Crippen LogP contribution in [0.2, 0.25) is 0 Å². The Morgan fingerprint density at radius 3 is 1.61 bits per heavy atom. The molecule has 2 aliphatic rings. The maximum atomic E-state index is 9.75. The van der Waals surface area contributed by atoms with Gasteiger partial charge in [0.05, 0.1) is 12.2 Å². The molecule has 0 aromatic heterocycles. The number of rotatable bonds is 10. The van der Waals surface area contributed by atoms with Gasteiger partial charge in [-0.25, -0.2) is 0 Å². The predicted octanol–water partition coefficient (Wildman–Crippen LogP) is 7.51. The van der Waals surface area contributed by atoms with Gasteiger partial charge in [0.1, 0.15) is 0 Å². The van der Waals surface area contributed by atoms with Gasteiger partial charge in [-0.05, 0) is 55.8 Å². The second-order valence-electron chi connectivity index (χ2n) is 10.1. The SMILES string of the molecule is CCCCCCC1CCC(C)C(O)C1.CCCCCCC1CCC(O)C(C)C1. The van der Waals surface area contributed by atoms with E-state index in [0.717, 1.165) is 24.7 Å². The Hall–Kier alpha value is -0.0800. The number of aliphatic hydroxyl groups excluding tert-OH is 2. The van der Waals surface area contributed by atoms with Crippen molar-refractivity contribution in [3.8, 4) is 0 Å². The number of hydrogen-bond acceptors (Lipinski definition) is 2. The van der Waals surface area contributed by atoms with Gasteiger partial charge >= 0.3 is 0 Å². The summed E-state index contributed by atoms with van der Waals surface area (Å²) in [6, 6.07) is 0. The topological polar surface area (TPSA) is 40.5 Å². The van der Waals surface area contributed by atoms with E-state index in [2.05, 4.69) is 27.7 Å². The molecule has 2 fully saturated rings. The van der Waals surface area contributed by atoms with Crippen molar-refractivity contribution in [3.05, 3.63) is 0 Å². The first kappa shape index (κ1) is 26.0. The Morgan fingerprint density at radius 1 is 0.571 bits per heavy atom. The lowest BCUT2D eigenvalue weighted by Gasteiger charge is -2.31. The van der Waals surface area contributed by atoms with E-state index in [-0.39, 0.29) is 12.2 Å². The molecule has 6 atom stereocenters. The van der Waals surface area contributed by atoms with Crippen LogP contribution in [0.5, 0.6) is 0 Å². The highest BCUT2D eigenvalue weighted by Crippen LogP contribution is 2.33. The third-order valence-electron chi connectivity index (χ3n) is 7.43. The Bertz CT molecular complexity index is 322. The van der Waals surface area contributed by atoms with E-state index in [9.17, 15) is 10.2 Å². The maximum Gasteiger partial charge on any atom is 0.0568 e. The summed E-state index contributed by atoms with van der Waals surface area (Å²) in [6.07, 6.45) is 20.9. The van der Waals surface area contributed by atoms with E-state index < -0.39 is 0 Å².